The Morgan fingerprint density at radius 3 is 2.09 bits per heavy atom. The molecule has 0 aliphatic carbocycles. The third-order valence-electron chi connectivity index (χ3n) is 6.22. The summed E-state index contributed by atoms with van der Waals surface area (Å²) in [6.45, 7) is 6.80. The van der Waals surface area contributed by atoms with Gasteiger partial charge in [0.2, 0.25) is 0 Å². The van der Waals surface area contributed by atoms with Crippen LogP contribution in [0, 0.1) is 20.8 Å². The quantitative estimate of drug-likeness (QED) is 0.475. The zero-order chi connectivity index (χ0) is 22.4. The van der Waals surface area contributed by atoms with E-state index in [1.165, 1.54) is 11.1 Å². The first kappa shape index (κ1) is 21.1. The number of rotatable bonds is 4. The molecule has 2 N–H and O–H groups in total. The van der Waals surface area contributed by atoms with E-state index >= 15 is 0 Å². The maximum Gasteiger partial charge on any atom is 0.492 e. The molecule has 5 rings (SSSR count). The van der Waals surface area contributed by atoms with Crippen LogP contribution in [0.5, 0.6) is 5.75 Å². The van der Waals surface area contributed by atoms with E-state index in [9.17, 15) is 10.0 Å². The van der Waals surface area contributed by atoms with Gasteiger partial charge in [-0.25, -0.2) is 0 Å². The van der Waals surface area contributed by atoms with Crippen LogP contribution in [-0.4, -0.2) is 34.6 Å². The van der Waals surface area contributed by atoms with Gasteiger partial charge in [-0.3, -0.25) is 0 Å². The average molecular weight is 429 g/mol. The maximum absolute atomic E-state index is 10.2. The van der Waals surface area contributed by atoms with Gasteiger partial charge in [0, 0.05) is 22.7 Å². The number of fused-ring (bicyclic) bond motifs is 3. The van der Waals surface area contributed by atoms with Crippen molar-refractivity contribution >= 4 is 34.4 Å². The molecule has 2 heterocycles. The first-order valence-electron chi connectivity index (χ1n) is 11.2. The van der Waals surface area contributed by atoms with E-state index in [-0.39, 0.29) is 0 Å². The lowest BCUT2D eigenvalue weighted by molar-refractivity contribution is -0.105. The van der Waals surface area contributed by atoms with Crippen LogP contribution in [-0.2, 0) is 4.74 Å². The second-order valence-corrected chi connectivity index (χ2v) is 8.87. The average Bonchev–Trinajstić information content (AvgIpc) is 3.08. The van der Waals surface area contributed by atoms with Gasteiger partial charge in [0.05, 0.1) is 23.3 Å². The molecule has 1 saturated heterocycles. The van der Waals surface area contributed by atoms with Gasteiger partial charge in [-0.1, -0.05) is 29.3 Å². The standard InChI is InChI=1S/C26H28BNO4/c1-16-7-9-22-19(12-16)20-13-17(2)8-10-23(20)28(22)24-15-18(3)14-21(27(29)30)26(24)32-25-6-4-5-11-31-25/h7-10,12-15,25,29-30H,4-6,11H2,1-3H3. The fraction of sp³-hybridized carbons (Fsp3) is 0.308. The zero-order valence-corrected chi connectivity index (χ0v) is 18.8. The summed E-state index contributed by atoms with van der Waals surface area (Å²) >= 11 is 0. The Bertz CT molecular complexity index is 1250. The van der Waals surface area contributed by atoms with Crippen LogP contribution in [0.3, 0.4) is 0 Å². The molecule has 1 aromatic heterocycles. The van der Waals surface area contributed by atoms with Gasteiger partial charge < -0.3 is 24.1 Å². The number of aromatic nitrogens is 1. The molecule has 4 aromatic rings. The minimum absolute atomic E-state index is 0.350. The van der Waals surface area contributed by atoms with Gasteiger partial charge in [0.25, 0.3) is 0 Å². The number of nitrogens with zero attached hydrogens (tertiary/aromatic N) is 1. The predicted octanol–water partition coefficient (Wildman–Crippen LogP) is 4.29. The summed E-state index contributed by atoms with van der Waals surface area (Å²) < 4.78 is 14.3. The first-order valence-corrected chi connectivity index (χ1v) is 11.2. The van der Waals surface area contributed by atoms with Crippen LogP contribution in [0.4, 0.5) is 0 Å². The fourth-order valence-corrected chi connectivity index (χ4v) is 4.71. The third kappa shape index (κ3) is 3.68. The molecular formula is C26H28BNO4. The predicted molar refractivity (Wildman–Crippen MR) is 129 cm³/mol. The first-order chi connectivity index (χ1) is 15.4. The molecule has 0 amide bonds. The molecule has 1 unspecified atom stereocenters. The Kier molecular flexibility index (Phi) is 5.45. The summed E-state index contributed by atoms with van der Waals surface area (Å²) in [7, 11) is -1.65. The van der Waals surface area contributed by atoms with E-state index in [1.54, 1.807) is 6.07 Å². The van der Waals surface area contributed by atoms with Crippen LogP contribution in [0.2, 0.25) is 0 Å². The van der Waals surface area contributed by atoms with Crippen molar-refractivity contribution in [3.8, 4) is 11.4 Å². The summed E-state index contributed by atoms with van der Waals surface area (Å²) in [5.74, 6) is 0.456. The smallest absolute Gasteiger partial charge is 0.463 e. The van der Waals surface area contributed by atoms with Crippen LogP contribution < -0.4 is 10.2 Å². The summed E-state index contributed by atoms with van der Waals surface area (Å²) in [6.07, 6.45) is 2.42. The second kappa shape index (κ2) is 8.28. The van der Waals surface area contributed by atoms with Crippen molar-refractivity contribution in [1.29, 1.82) is 0 Å². The molecule has 1 atom stereocenters. The normalized spacial score (nSPS) is 16.6. The largest absolute Gasteiger partial charge is 0.492 e. The second-order valence-electron chi connectivity index (χ2n) is 8.87. The van der Waals surface area contributed by atoms with E-state index < -0.39 is 13.4 Å². The van der Waals surface area contributed by atoms with Crippen molar-refractivity contribution < 1.29 is 19.5 Å². The van der Waals surface area contributed by atoms with Crippen molar-refractivity contribution in [3.63, 3.8) is 0 Å². The van der Waals surface area contributed by atoms with Crippen molar-refractivity contribution in [2.24, 2.45) is 0 Å². The van der Waals surface area contributed by atoms with Gasteiger partial charge in [0.1, 0.15) is 5.75 Å². The summed E-state index contributed by atoms with van der Waals surface area (Å²) in [6, 6.07) is 16.7. The van der Waals surface area contributed by atoms with Crippen LogP contribution in [0.1, 0.15) is 36.0 Å². The van der Waals surface area contributed by atoms with Crippen molar-refractivity contribution in [2.45, 2.75) is 46.3 Å². The Morgan fingerprint density at radius 1 is 0.875 bits per heavy atom. The molecule has 1 fully saturated rings. The molecule has 1 aliphatic heterocycles. The SMILES string of the molecule is Cc1cc(B(O)O)c(OC2CCCCO2)c(-n2c3ccc(C)cc3c3cc(C)ccc32)c1. The molecule has 5 nitrogen and oxygen atoms in total. The Morgan fingerprint density at radius 2 is 1.53 bits per heavy atom. The Labute approximate surface area is 188 Å². The molecule has 0 radical (unpaired) electrons. The molecule has 3 aromatic carbocycles. The van der Waals surface area contributed by atoms with Gasteiger partial charge in [-0.05, 0) is 69.5 Å². The van der Waals surface area contributed by atoms with Gasteiger partial charge >= 0.3 is 7.12 Å². The molecule has 1 aliphatic rings. The van der Waals surface area contributed by atoms with Gasteiger partial charge in [-0.2, -0.15) is 0 Å². The highest BCUT2D eigenvalue weighted by molar-refractivity contribution is 6.60. The molecule has 6 heteroatoms. The van der Waals surface area contributed by atoms with Gasteiger partial charge in [0.15, 0.2) is 6.29 Å². The van der Waals surface area contributed by atoms with E-state index in [2.05, 4.69) is 54.8 Å². The van der Waals surface area contributed by atoms with Crippen molar-refractivity contribution in [1.82, 2.24) is 4.57 Å². The highest BCUT2D eigenvalue weighted by Crippen LogP contribution is 2.37. The Hall–Kier alpha value is -2.80. The van der Waals surface area contributed by atoms with E-state index in [0.717, 1.165) is 52.3 Å². The lowest BCUT2D eigenvalue weighted by Gasteiger charge is -2.27. The minimum atomic E-state index is -1.65. The summed E-state index contributed by atoms with van der Waals surface area (Å²) in [4.78, 5) is 0. The monoisotopic (exact) mass is 429 g/mol. The molecular weight excluding hydrogens is 401 g/mol. The van der Waals surface area contributed by atoms with Crippen LogP contribution >= 0.6 is 0 Å². The topological polar surface area (TPSA) is 63.9 Å². The molecule has 32 heavy (non-hydrogen) atoms. The lowest BCUT2D eigenvalue weighted by atomic mass is 9.78. The fourth-order valence-electron chi connectivity index (χ4n) is 4.71. The summed E-state index contributed by atoms with van der Waals surface area (Å²) in [5.41, 5.74) is 6.55. The van der Waals surface area contributed by atoms with Crippen molar-refractivity contribution in [2.75, 3.05) is 6.61 Å². The van der Waals surface area contributed by atoms with Crippen LogP contribution in [0.25, 0.3) is 27.5 Å². The Balaban J connectivity index is 1.82. The number of benzene rings is 3. The molecule has 164 valence electrons. The number of hydrogen-bond acceptors (Lipinski definition) is 4. The van der Waals surface area contributed by atoms with E-state index in [4.69, 9.17) is 9.47 Å². The van der Waals surface area contributed by atoms with Gasteiger partial charge in [-0.15, -0.1) is 0 Å². The molecule has 0 spiro atoms. The molecule has 0 bridgehead atoms. The molecule has 0 saturated carbocycles. The lowest BCUT2D eigenvalue weighted by Crippen LogP contribution is -2.35. The van der Waals surface area contributed by atoms with E-state index in [0.29, 0.717) is 17.8 Å². The number of ether oxygens (including phenoxy) is 2. The highest BCUT2D eigenvalue weighted by Gasteiger charge is 2.27. The highest BCUT2D eigenvalue weighted by atomic mass is 16.7. The zero-order valence-electron chi connectivity index (χ0n) is 18.8. The summed E-state index contributed by atoms with van der Waals surface area (Å²) in [5, 5.41) is 22.7. The maximum atomic E-state index is 10.2. The third-order valence-corrected chi connectivity index (χ3v) is 6.22. The number of aryl methyl sites for hydroxylation is 3. The van der Waals surface area contributed by atoms with E-state index in [1.807, 2.05) is 13.0 Å². The van der Waals surface area contributed by atoms with Crippen molar-refractivity contribution in [3.05, 3.63) is 65.2 Å². The van der Waals surface area contributed by atoms with Crippen LogP contribution in [0.15, 0.2) is 48.5 Å². The number of hydrogen-bond donors (Lipinski definition) is 2. The minimum Gasteiger partial charge on any atom is -0.463 e.